The Bertz CT molecular complexity index is 917. The smallest absolute Gasteiger partial charge is 1.00 e. The molecule has 148 valence electrons. The second-order valence-corrected chi connectivity index (χ2v) is 9.44. The van der Waals surface area contributed by atoms with E-state index in [0.29, 0.717) is 17.9 Å². The van der Waals surface area contributed by atoms with Crippen LogP contribution < -0.4 is 159 Å². The topological polar surface area (TPSA) is 141 Å². The molecule has 0 aliphatic rings. The van der Waals surface area contributed by atoms with Gasteiger partial charge in [-0.1, -0.05) is 12.1 Å². The summed E-state index contributed by atoms with van der Waals surface area (Å²) in [6, 6.07) is 13.1. The Morgan fingerprint density at radius 3 is 2.10 bits per heavy atom. The quantitative estimate of drug-likeness (QED) is 0.153. The molecule has 29 heavy (non-hydrogen) atoms. The van der Waals surface area contributed by atoms with Gasteiger partial charge in [0.2, 0.25) is 0 Å². The third-order valence-electron chi connectivity index (χ3n) is 3.61. The first-order valence-corrected chi connectivity index (χ1v) is 10.8. The summed E-state index contributed by atoms with van der Waals surface area (Å²) in [5.41, 5.74) is 0.779. The number of hydrogen-bond acceptors (Lipinski definition) is 5. The van der Waals surface area contributed by atoms with Crippen LogP contribution in [0.5, 0.6) is 17.2 Å². The van der Waals surface area contributed by atoms with Crippen LogP contribution in [-0.2, 0) is 21.1 Å². The average molecular weight is 523 g/mol. The molecule has 0 aliphatic carbocycles. The van der Waals surface area contributed by atoms with Gasteiger partial charge in [-0.3, -0.25) is 9.12 Å². The summed E-state index contributed by atoms with van der Waals surface area (Å²) in [6.45, 7) is 0. The molecule has 4 N–H and O–H groups in total. The van der Waals surface area contributed by atoms with Crippen molar-refractivity contribution in [1.29, 1.82) is 0 Å². The zero-order valence-electron chi connectivity index (χ0n) is 19.6. The average Bonchev–Trinajstić information content (AvgIpc) is 2.52. The molecule has 0 aliphatic heterocycles. The van der Waals surface area contributed by atoms with E-state index in [0.717, 1.165) is 5.56 Å². The van der Waals surface area contributed by atoms with Crippen molar-refractivity contribution < 1.29 is 196 Å². The molecule has 1 unspecified atom stereocenters. The molecule has 0 fully saturated rings. The summed E-state index contributed by atoms with van der Waals surface area (Å²) >= 11 is 0. The molecule has 0 aromatic heterocycles. The number of aromatic hydroxyl groups is 1. The molecule has 0 amide bonds. The van der Waals surface area contributed by atoms with Crippen molar-refractivity contribution in [3.63, 3.8) is 0 Å². The largest absolute Gasteiger partial charge is 1.00 e. The summed E-state index contributed by atoms with van der Waals surface area (Å²) in [6.07, 6.45) is 0.128. The summed E-state index contributed by atoms with van der Waals surface area (Å²) in [7, 11) is -9.80. The van der Waals surface area contributed by atoms with Gasteiger partial charge in [0, 0.05) is 0 Å². The zero-order chi connectivity index (χ0) is 19.4. The fourth-order valence-electron chi connectivity index (χ4n) is 2.39. The van der Waals surface area contributed by atoms with Crippen LogP contribution in [0.4, 0.5) is 0 Å². The van der Waals surface area contributed by atoms with Crippen LogP contribution in [0, 0.1) is 0 Å². The normalized spacial score (nSPS) is 12.0. The van der Waals surface area contributed by atoms with E-state index in [-0.39, 0.29) is 177 Å². The second-order valence-electron chi connectivity index (χ2n) is 5.69. The Hall–Kier alpha value is 3.01. The number of aryl methyl sites for hydroxylation is 1. The molecule has 2 aromatic carbocycles. The molecule has 0 bridgehead atoms. The summed E-state index contributed by atoms with van der Waals surface area (Å²) < 4.78 is 48.1. The Morgan fingerprint density at radius 1 is 1.00 bits per heavy atom. The SMILES string of the molecule is O=P(O)(O)C(CCCc1cccc(Oc2ccc(O)cc2)c1)S(=O)(=O)O.[H-].[H-].[H-].[K+].[K+].[K+]. The first-order valence-electron chi connectivity index (χ1n) is 7.63. The van der Waals surface area contributed by atoms with Gasteiger partial charge in [-0.15, -0.1) is 0 Å². The number of phenolic OH excluding ortho intramolecular Hbond substituents is 1. The summed E-state index contributed by atoms with van der Waals surface area (Å²) in [4.78, 5) is 16.0. The van der Waals surface area contributed by atoms with Gasteiger partial charge in [0.1, 0.15) is 17.2 Å². The van der Waals surface area contributed by atoms with E-state index in [2.05, 4.69) is 0 Å². The van der Waals surface area contributed by atoms with Crippen LogP contribution in [0.2, 0.25) is 0 Å². The Kier molecular flexibility index (Phi) is 18.6. The van der Waals surface area contributed by atoms with Gasteiger partial charge in [-0.2, -0.15) is 8.42 Å². The van der Waals surface area contributed by atoms with Gasteiger partial charge >= 0.3 is 162 Å². The van der Waals surface area contributed by atoms with Crippen LogP contribution in [0.1, 0.15) is 22.7 Å². The summed E-state index contributed by atoms with van der Waals surface area (Å²) in [5, 5.41) is 9.25. The molecule has 0 heterocycles. The molecule has 0 saturated carbocycles. The second kappa shape index (κ2) is 15.8. The van der Waals surface area contributed by atoms with Crippen LogP contribution in [0.25, 0.3) is 0 Å². The van der Waals surface area contributed by atoms with Crippen molar-refractivity contribution in [3.8, 4) is 17.2 Å². The number of phenols is 1. The molecule has 0 spiro atoms. The molecule has 2 rings (SSSR count). The fraction of sp³-hybridized carbons (Fsp3) is 0.250. The van der Waals surface area contributed by atoms with E-state index < -0.39 is 22.7 Å². The molecule has 2 aromatic rings. The maximum Gasteiger partial charge on any atom is 1.00 e. The van der Waals surface area contributed by atoms with E-state index >= 15 is 0 Å². The molecular formula is C16H22K3O8PS. The minimum atomic E-state index is -4.96. The van der Waals surface area contributed by atoms with E-state index in [1.165, 1.54) is 12.1 Å². The fourth-order valence-corrected chi connectivity index (χ4v) is 4.76. The monoisotopic (exact) mass is 522 g/mol. The summed E-state index contributed by atoms with van der Waals surface area (Å²) in [5.74, 6) is 1.16. The maximum atomic E-state index is 11.2. The standard InChI is InChI=1S/C16H19O8PS.3K.3H/c17-13-7-9-14(10-8-13)24-15-5-1-3-12(11-15)4-2-6-16(25(18,19)20)26(21,22)23;;;;;;/h1,3,5,7-11,16-17H,2,4,6H2,(H2,18,19,20)(H,21,22,23);;;;;;/q;3*+1;3*-1. The van der Waals surface area contributed by atoms with Gasteiger partial charge in [-0.25, -0.2) is 0 Å². The number of hydrogen-bond donors (Lipinski definition) is 4. The van der Waals surface area contributed by atoms with Crippen molar-refractivity contribution in [1.82, 2.24) is 0 Å². The Morgan fingerprint density at radius 2 is 1.59 bits per heavy atom. The number of ether oxygens (including phenoxy) is 1. The van der Waals surface area contributed by atoms with Crippen molar-refractivity contribution in [2.75, 3.05) is 0 Å². The molecular weight excluding hydrogens is 501 g/mol. The van der Waals surface area contributed by atoms with Gasteiger partial charge < -0.3 is 23.9 Å². The Balaban J connectivity index is -0.000000405. The minimum Gasteiger partial charge on any atom is -1.00 e. The Labute approximate surface area is 302 Å². The van der Waals surface area contributed by atoms with Gasteiger partial charge in [0.25, 0.3) is 10.1 Å². The van der Waals surface area contributed by atoms with Crippen LogP contribution in [0.3, 0.4) is 0 Å². The molecule has 1 atom stereocenters. The van der Waals surface area contributed by atoms with Crippen molar-refractivity contribution in [2.24, 2.45) is 0 Å². The zero-order valence-corrected chi connectivity index (χ0v) is 27.7. The predicted molar refractivity (Wildman–Crippen MR) is 98.3 cm³/mol. The van der Waals surface area contributed by atoms with Crippen LogP contribution >= 0.6 is 7.60 Å². The molecule has 0 saturated heterocycles. The molecule has 8 nitrogen and oxygen atoms in total. The first-order chi connectivity index (χ1) is 12.1. The maximum absolute atomic E-state index is 11.2. The number of benzene rings is 2. The molecule has 13 heteroatoms. The number of rotatable bonds is 8. The van der Waals surface area contributed by atoms with Gasteiger partial charge in [0.05, 0.1) is 0 Å². The minimum absolute atomic E-state index is 0. The van der Waals surface area contributed by atoms with Crippen molar-refractivity contribution in [3.05, 3.63) is 54.1 Å². The van der Waals surface area contributed by atoms with Crippen LogP contribution in [-0.4, -0.2) is 32.9 Å². The van der Waals surface area contributed by atoms with Crippen LogP contribution in [0.15, 0.2) is 48.5 Å². The van der Waals surface area contributed by atoms with Gasteiger partial charge in [0.15, 0.2) is 4.99 Å². The van der Waals surface area contributed by atoms with Crippen molar-refractivity contribution >= 4 is 17.7 Å². The van der Waals surface area contributed by atoms with E-state index in [1.807, 2.05) is 0 Å². The third kappa shape index (κ3) is 12.9. The van der Waals surface area contributed by atoms with Crippen molar-refractivity contribution in [2.45, 2.75) is 24.3 Å². The van der Waals surface area contributed by atoms with Gasteiger partial charge in [-0.05, 0) is 61.2 Å². The van der Waals surface area contributed by atoms with E-state index in [4.69, 9.17) is 19.1 Å². The predicted octanol–water partition coefficient (Wildman–Crippen LogP) is -5.75. The first kappa shape index (κ1) is 34.2. The van der Waals surface area contributed by atoms with E-state index in [9.17, 15) is 18.1 Å². The van der Waals surface area contributed by atoms with E-state index in [1.54, 1.807) is 36.4 Å². The molecule has 0 radical (unpaired) electrons. The third-order valence-corrected chi connectivity index (χ3v) is 7.16.